The average Bonchev–Trinajstić information content (AvgIpc) is 1.87. The lowest BCUT2D eigenvalue weighted by Crippen LogP contribution is -2.64. The van der Waals surface area contributed by atoms with Crippen molar-refractivity contribution in [2.24, 2.45) is 11.7 Å². The number of nitrogens with one attached hydrogen (secondary N) is 1. The minimum Gasteiger partial charge on any atom is -0.324 e. The summed E-state index contributed by atoms with van der Waals surface area (Å²) in [4.78, 5) is 0. The topological polar surface area (TPSA) is 38.0 Å². The van der Waals surface area contributed by atoms with Crippen LogP contribution in [-0.2, 0) is 0 Å². The summed E-state index contributed by atoms with van der Waals surface area (Å²) in [6.07, 6.45) is 0. The second-order valence-electron chi connectivity index (χ2n) is 4.31. The molecule has 11 heavy (non-hydrogen) atoms. The van der Waals surface area contributed by atoms with E-state index in [9.17, 15) is 0 Å². The van der Waals surface area contributed by atoms with Gasteiger partial charge in [-0.15, -0.1) is 0 Å². The fourth-order valence-electron chi connectivity index (χ4n) is 0.991. The van der Waals surface area contributed by atoms with E-state index in [1.54, 1.807) is 0 Å². The first kappa shape index (κ1) is 10.9. The third-order valence-corrected chi connectivity index (χ3v) is 3.17. The average molecular weight is 158 g/mol. The first-order valence-electron chi connectivity index (χ1n) is 4.23. The summed E-state index contributed by atoms with van der Waals surface area (Å²) in [5.74, 6) is 0.477. The van der Waals surface area contributed by atoms with E-state index >= 15 is 0 Å². The van der Waals surface area contributed by atoms with Crippen LogP contribution in [0.3, 0.4) is 0 Å². The highest BCUT2D eigenvalue weighted by Crippen LogP contribution is 2.25. The maximum atomic E-state index is 6.19. The molecule has 2 nitrogen and oxygen atoms in total. The van der Waals surface area contributed by atoms with E-state index < -0.39 is 0 Å². The first-order chi connectivity index (χ1) is 4.75. The standard InChI is InChI=1S/C9H22N2/c1-7(2)9(5,10)8(3,4)11-6/h7,11H,10H2,1-6H3. The maximum Gasteiger partial charge on any atom is 0.0328 e. The van der Waals surface area contributed by atoms with Crippen LogP contribution in [0.25, 0.3) is 0 Å². The van der Waals surface area contributed by atoms with E-state index in [1.165, 1.54) is 0 Å². The molecule has 0 spiro atoms. The molecule has 0 aliphatic carbocycles. The molecule has 0 fully saturated rings. The Kier molecular flexibility index (Phi) is 3.09. The van der Waals surface area contributed by atoms with Crippen LogP contribution < -0.4 is 11.1 Å². The van der Waals surface area contributed by atoms with Gasteiger partial charge in [0.25, 0.3) is 0 Å². The lowest BCUT2D eigenvalue weighted by Gasteiger charge is -2.44. The van der Waals surface area contributed by atoms with Gasteiger partial charge in [0.1, 0.15) is 0 Å². The van der Waals surface area contributed by atoms with Crippen LogP contribution in [0.1, 0.15) is 34.6 Å². The van der Waals surface area contributed by atoms with Crippen LogP contribution in [-0.4, -0.2) is 18.1 Å². The van der Waals surface area contributed by atoms with E-state index in [1.807, 2.05) is 7.05 Å². The third kappa shape index (κ3) is 1.94. The van der Waals surface area contributed by atoms with E-state index in [4.69, 9.17) is 5.73 Å². The Morgan fingerprint density at radius 2 is 1.55 bits per heavy atom. The molecule has 0 aliphatic rings. The van der Waals surface area contributed by atoms with Crippen molar-refractivity contribution >= 4 is 0 Å². The molecule has 0 bridgehead atoms. The Hall–Kier alpha value is -0.0800. The highest BCUT2D eigenvalue weighted by Gasteiger charge is 2.38. The highest BCUT2D eigenvalue weighted by molar-refractivity contribution is 5.01. The molecule has 0 aliphatic heterocycles. The lowest BCUT2D eigenvalue weighted by molar-refractivity contribution is 0.177. The Balaban J connectivity index is 4.53. The van der Waals surface area contributed by atoms with Crippen LogP contribution in [0, 0.1) is 5.92 Å². The minimum absolute atomic E-state index is 0.0127. The van der Waals surface area contributed by atoms with Gasteiger partial charge in [-0.3, -0.25) is 0 Å². The second kappa shape index (κ2) is 3.11. The van der Waals surface area contributed by atoms with Crippen molar-refractivity contribution in [2.45, 2.75) is 45.7 Å². The number of hydrogen-bond donors (Lipinski definition) is 2. The Bertz CT molecular complexity index is 126. The summed E-state index contributed by atoms with van der Waals surface area (Å²) in [6.45, 7) is 10.7. The molecule has 0 radical (unpaired) electrons. The molecule has 68 valence electrons. The molecule has 1 atom stereocenters. The quantitative estimate of drug-likeness (QED) is 0.651. The first-order valence-corrected chi connectivity index (χ1v) is 4.23. The van der Waals surface area contributed by atoms with Gasteiger partial charge in [0.05, 0.1) is 0 Å². The summed E-state index contributed by atoms with van der Waals surface area (Å²) in [7, 11) is 1.95. The maximum absolute atomic E-state index is 6.19. The predicted molar refractivity (Wildman–Crippen MR) is 50.6 cm³/mol. The van der Waals surface area contributed by atoms with Crippen molar-refractivity contribution in [3.05, 3.63) is 0 Å². The molecule has 0 amide bonds. The van der Waals surface area contributed by atoms with Crippen molar-refractivity contribution < 1.29 is 0 Å². The van der Waals surface area contributed by atoms with Crippen molar-refractivity contribution in [3.63, 3.8) is 0 Å². The minimum atomic E-state index is -0.165. The molecule has 0 saturated heterocycles. The number of nitrogens with two attached hydrogens (primary N) is 1. The smallest absolute Gasteiger partial charge is 0.0328 e. The zero-order valence-corrected chi connectivity index (χ0v) is 8.65. The number of hydrogen-bond acceptors (Lipinski definition) is 2. The van der Waals surface area contributed by atoms with Gasteiger partial charge in [-0.05, 0) is 33.7 Å². The Labute approximate surface area is 70.5 Å². The zero-order chi connectivity index (χ0) is 9.28. The molecule has 0 aromatic rings. The molecule has 0 aromatic heterocycles. The zero-order valence-electron chi connectivity index (χ0n) is 8.65. The predicted octanol–water partition coefficient (Wildman–Crippen LogP) is 1.36. The molecule has 2 heteroatoms. The summed E-state index contributed by atoms with van der Waals surface area (Å²) in [5.41, 5.74) is 6.01. The van der Waals surface area contributed by atoms with Crippen molar-refractivity contribution in [1.82, 2.24) is 5.32 Å². The monoisotopic (exact) mass is 158 g/mol. The van der Waals surface area contributed by atoms with Gasteiger partial charge in [0.2, 0.25) is 0 Å². The van der Waals surface area contributed by atoms with Crippen molar-refractivity contribution in [1.29, 1.82) is 0 Å². The number of rotatable bonds is 3. The third-order valence-electron chi connectivity index (χ3n) is 3.17. The summed E-state index contributed by atoms with van der Waals surface area (Å²) < 4.78 is 0. The van der Waals surface area contributed by atoms with Gasteiger partial charge in [0.15, 0.2) is 0 Å². The van der Waals surface area contributed by atoms with E-state index in [-0.39, 0.29) is 11.1 Å². The van der Waals surface area contributed by atoms with Crippen LogP contribution in [0.15, 0.2) is 0 Å². The molecule has 3 N–H and O–H groups in total. The van der Waals surface area contributed by atoms with E-state index in [2.05, 4.69) is 39.9 Å². The van der Waals surface area contributed by atoms with Crippen molar-refractivity contribution in [2.75, 3.05) is 7.05 Å². The van der Waals surface area contributed by atoms with Crippen molar-refractivity contribution in [3.8, 4) is 0 Å². The van der Waals surface area contributed by atoms with Gasteiger partial charge >= 0.3 is 0 Å². The summed E-state index contributed by atoms with van der Waals surface area (Å²) in [5, 5.41) is 3.24. The summed E-state index contributed by atoms with van der Waals surface area (Å²) >= 11 is 0. The van der Waals surface area contributed by atoms with Crippen LogP contribution in [0.2, 0.25) is 0 Å². The SMILES string of the molecule is CNC(C)(C)C(C)(N)C(C)C. The van der Waals surface area contributed by atoms with Crippen LogP contribution in [0.4, 0.5) is 0 Å². The fraction of sp³-hybridized carbons (Fsp3) is 1.00. The fourth-order valence-corrected chi connectivity index (χ4v) is 0.991. The molecular weight excluding hydrogens is 136 g/mol. The van der Waals surface area contributed by atoms with Gasteiger partial charge in [0, 0.05) is 11.1 Å². The van der Waals surface area contributed by atoms with Gasteiger partial charge in [-0.2, -0.15) is 0 Å². The molecule has 0 heterocycles. The lowest BCUT2D eigenvalue weighted by atomic mass is 9.74. The van der Waals surface area contributed by atoms with E-state index in [0.717, 1.165) is 0 Å². The Morgan fingerprint density at radius 1 is 1.18 bits per heavy atom. The van der Waals surface area contributed by atoms with E-state index in [0.29, 0.717) is 5.92 Å². The molecule has 0 saturated carbocycles. The normalized spacial score (nSPS) is 18.5. The molecule has 0 rings (SSSR count). The number of likely N-dealkylation sites (N-methyl/N-ethyl adjacent to an activating group) is 1. The van der Waals surface area contributed by atoms with Gasteiger partial charge < -0.3 is 11.1 Å². The summed E-state index contributed by atoms with van der Waals surface area (Å²) in [6, 6.07) is 0. The van der Waals surface area contributed by atoms with Crippen LogP contribution >= 0.6 is 0 Å². The van der Waals surface area contributed by atoms with Gasteiger partial charge in [-0.1, -0.05) is 13.8 Å². The molecule has 0 aromatic carbocycles. The molecule has 1 unspecified atom stereocenters. The van der Waals surface area contributed by atoms with Crippen LogP contribution in [0.5, 0.6) is 0 Å². The Morgan fingerprint density at radius 3 is 1.64 bits per heavy atom. The largest absolute Gasteiger partial charge is 0.324 e. The second-order valence-corrected chi connectivity index (χ2v) is 4.31. The van der Waals surface area contributed by atoms with Gasteiger partial charge in [-0.25, -0.2) is 0 Å². The molecular formula is C9H22N2. The highest BCUT2D eigenvalue weighted by atomic mass is 15.0.